The summed E-state index contributed by atoms with van der Waals surface area (Å²) in [7, 11) is 0. The van der Waals surface area contributed by atoms with Gasteiger partial charge < -0.3 is 4.98 Å². The van der Waals surface area contributed by atoms with Gasteiger partial charge in [0, 0.05) is 16.6 Å². The van der Waals surface area contributed by atoms with Gasteiger partial charge in [0.2, 0.25) is 0 Å². The van der Waals surface area contributed by atoms with Crippen LogP contribution in [0.1, 0.15) is 11.3 Å². The quantitative estimate of drug-likeness (QED) is 0.619. The smallest absolute Gasteiger partial charge is 0.0465 e. The highest BCUT2D eigenvalue weighted by Gasteiger charge is 2.09. The van der Waals surface area contributed by atoms with Crippen LogP contribution in [0.4, 0.5) is 0 Å². The molecule has 17 heavy (non-hydrogen) atoms. The molecule has 3 rings (SSSR count). The zero-order valence-electron chi connectivity index (χ0n) is 9.96. The number of nitrogens with one attached hydrogen (secondary N) is 1. The molecule has 0 bridgehead atoms. The first-order valence-electron chi connectivity index (χ1n) is 5.91. The average molecular weight is 221 g/mol. The molecule has 1 N–H and O–H groups in total. The summed E-state index contributed by atoms with van der Waals surface area (Å²) in [6.45, 7) is 5.98. The summed E-state index contributed by atoms with van der Waals surface area (Å²) in [5.41, 5.74) is 3.83. The lowest BCUT2D eigenvalue weighted by atomic mass is 10.0. The maximum absolute atomic E-state index is 3.85. The van der Waals surface area contributed by atoms with E-state index in [1.165, 1.54) is 32.9 Å². The van der Waals surface area contributed by atoms with Crippen LogP contribution in [0.25, 0.3) is 21.7 Å². The molecule has 1 heteroatoms. The van der Waals surface area contributed by atoms with Crippen molar-refractivity contribution in [1.29, 1.82) is 0 Å². The lowest BCUT2D eigenvalue weighted by Crippen LogP contribution is -1.83. The molecule has 2 aromatic carbocycles. The van der Waals surface area contributed by atoms with E-state index in [2.05, 4.69) is 54.9 Å². The molecule has 0 fully saturated rings. The number of hydrogen-bond acceptors (Lipinski definition) is 0. The molecule has 0 aliphatic carbocycles. The average Bonchev–Trinajstić information content (AvgIpc) is 2.67. The Labute approximate surface area is 101 Å². The number of allylic oxidation sites excluding steroid dienone is 1. The van der Waals surface area contributed by atoms with Crippen LogP contribution in [0.5, 0.6) is 0 Å². The predicted octanol–water partition coefficient (Wildman–Crippen LogP) is 4.36. The molecule has 0 saturated carbocycles. The second-order valence-electron chi connectivity index (χ2n) is 4.43. The molecule has 3 aromatic rings. The van der Waals surface area contributed by atoms with Gasteiger partial charge >= 0.3 is 0 Å². The number of aryl methyl sites for hydroxylation is 1. The number of H-pyrrole nitrogens is 1. The highest BCUT2D eigenvalue weighted by molar-refractivity contribution is 6.08. The van der Waals surface area contributed by atoms with Crippen LogP contribution >= 0.6 is 0 Å². The van der Waals surface area contributed by atoms with Gasteiger partial charge in [-0.1, -0.05) is 36.4 Å². The minimum absolute atomic E-state index is 0.917. The summed E-state index contributed by atoms with van der Waals surface area (Å²) in [4.78, 5) is 3.46. The monoisotopic (exact) mass is 221 g/mol. The lowest BCUT2D eigenvalue weighted by Gasteiger charge is -2.02. The van der Waals surface area contributed by atoms with Crippen molar-refractivity contribution in [2.75, 3.05) is 0 Å². The summed E-state index contributed by atoms with van der Waals surface area (Å²) in [6, 6.07) is 12.9. The summed E-state index contributed by atoms with van der Waals surface area (Å²) in [5, 5.41) is 3.97. The molecule has 84 valence electrons. The van der Waals surface area contributed by atoms with Gasteiger partial charge in [0.05, 0.1) is 0 Å². The Kier molecular flexibility index (Phi) is 2.25. The fraction of sp³-hybridized carbons (Fsp3) is 0.125. The topological polar surface area (TPSA) is 15.8 Å². The molecular weight excluding hydrogens is 206 g/mol. The first kappa shape index (κ1) is 10.2. The Morgan fingerprint density at radius 3 is 2.82 bits per heavy atom. The van der Waals surface area contributed by atoms with Gasteiger partial charge in [-0.2, -0.15) is 0 Å². The van der Waals surface area contributed by atoms with Crippen LogP contribution in [-0.2, 0) is 6.42 Å². The SMILES string of the molecule is C=CCc1c(C)[nH]c2ccc3ccccc3c12. The molecule has 0 spiro atoms. The van der Waals surface area contributed by atoms with Gasteiger partial charge in [0.15, 0.2) is 0 Å². The third-order valence-electron chi connectivity index (χ3n) is 3.35. The molecular formula is C16H15N. The fourth-order valence-electron chi connectivity index (χ4n) is 2.57. The second-order valence-corrected chi connectivity index (χ2v) is 4.43. The Bertz CT molecular complexity index is 704. The van der Waals surface area contributed by atoms with Crippen molar-refractivity contribution in [3.05, 3.63) is 60.3 Å². The standard InChI is InChI=1S/C16H15N/c1-3-6-13-11(2)17-15-10-9-12-7-4-5-8-14(12)16(13)15/h3-5,7-10,17H,1,6H2,2H3. The number of fused-ring (bicyclic) bond motifs is 3. The minimum Gasteiger partial charge on any atom is -0.358 e. The van der Waals surface area contributed by atoms with Crippen molar-refractivity contribution in [2.24, 2.45) is 0 Å². The number of rotatable bonds is 2. The van der Waals surface area contributed by atoms with Gasteiger partial charge in [0.1, 0.15) is 0 Å². The predicted molar refractivity (Wildman–Crippen MR) is 74.4 cm³/mol. The van der Waals surface area contributed by atoms with Crippen LogP contribution in [0.2, 0.25) is 0 Å². The van der Waals surface area contributed by atoms with E-state index in [0.717, 1.165) is 6.42 Å². The lowest BCUT2D eigenvalue weighted by molar-refractivity contribution is 1.19. The molecule has 0 amide bonds. The zero-order valence-corrected chi connectivity index (χ0v) is 9.96. The Morgan fingerprint density at radius 1 is 1.18 bits per heavy atom. The third kappa shape index (κ3) is 1.47. The number of benzene rings is 2. The van der Waals surface area contributed by atoms with E-state index in [9.17, 15) is 0 Å². The molecule has 1 nitrogen and oxygen atoms in total. The molecule has 0 radical (unpaired) electrons. The third-order valence-corrected chi connectivity index (χ3v) is 3.35. The fourth-order valence-corrected chi connectivity index (χ4v) is 2.57. The Hall–Kier alpha value is -2.02. The summed E-state index contributed by atoms with van der Waals surface area (Å²) < 4.78 is 0. The van der Waals surface area contributed by atoms with Crippen LogP contribution in [0.3, 0.4) is 0 Å². The van der Waals surface area contributed by atoms with E-state index in [1.807, 2.05) is 6.08 Å². The maximum atomic E-state index is 3.85. The molecule has 0 aliphatic heterocycles. The maximum Gasteiger partial charge on any atom is 0.0465 e. The van der Waals surface area contributed by atoms with Gasteiger partial charge in [-0.15, -0.1) is 6.58 Å². The summed E-state index contributed by atoms with van der Waals surface area (Å²) >= 11 is 0. The van der Waals surface area contributed by atoms with Gasteiger partial charge in [-0.3, -0.25) is 0 Å². The minimum atomic E-state index is 0.917. The highest BCUT2D eigenvalue weighted by Crippen LogP contribution is 2.30. The van der Waals surface area contributed by atoms with Crippen molar-refractivity contribution in [1.82, 2.24) is 4.98 Å². The van der Waals surface area contributed by atoms with E-state index in [-0.39, 0.29) is 0 Å². The summed E-state index contributed by atoms with van der Waals surface area (Å²) in [5.74, 6) is 0. The first-order chi connectivity index (χ1) is 8.31. The second kappa shape index (κ2) is 3.77. The van der Waals surface area contributed by atoms with Crippen LogP contribution in [0, 0.1) is 6.92 Å². The summed E-state index contributed by atoms with van der Waals surface area (Å²) in [6.07, 6.45) is 2.89. The van der Waals surface area contributed by atoms with E-state index in [1.54, 1.807) is 0 Å². The van der Waals surface area contributed by atoms with Crippen molar-refractivity contribution in [3.63, 3.8) is 0 Å². The Balaban J connectivity index is 2.50. The molecule has 0 aliphatic rings. The van der Waals surface area contributed by atoms with Crippen LogP contribution in [0.15, 0.2) is 49.1 Å². The molecule has 0 saturated heterocycles. The van der Waals surface area contributed by atoms with Crippen LogP contribution < -0.4 is 0 Å². The number of hydrogen-bond donors (Lipinski definition) is 1. The van der Waals surface area contributed by atoms with Gasteiger partial charge in [-0.05, 0) is 35.7 Å². The molecule has 1 aromatic heterocycles. The van der Waals surface area contributed by atoms with Crippen LogP contribution in [-0.4, -0.2) is 4.98 Å². The number of aromatic nitrogens is 1. The Morgan fingerprint density at radius 2 is 2.00 bits per heavy atom. The molecule has 0 unspecified atom stereocenters. The highest BCUT2D eigenvalue weighted by atomic mass is 14.7. The zero-order chi connectivity index (χ0) is 11.8. The largest absolute Gasteiger partial charge is 0.358 e. The van der Waals surface area contributed by atoms with Gasteiger partial charge in [0.25, 0.3) is 0 Å². The van der Waals surface area contributed by atoms with E-state index >= 15 is 0 Å². The molecule has 0 atom stereocenters. The van der Waals surface area contributed by atoms with Crippen molar-refractivity contribution in [2.45, 2.75) is 13.3 Å². The first-order valence-corrected chi connectivity index (χ1v) is 5.91. The number of aromatic amines is 1. The van der Waals surface area contributed by atoms with Crippen molar-refractivity contribution in [3.8, 4) is 0 Å². The normalized spacial score (nSPS) is 11.1. The molecule has 1 heterocycles. The van der Waals surface area contributed by atoms with E-state index in [4.69, 9.17) is 0 Å². The van der Waals surface area contributed by atoms with E-state index < -0.39 is 0 Å². The van der Waals surface area contributed by atoms with Crippen molar-refractivity contribution >= 4 is 21.7 Å². The van der Waals surface area contributed by atoms with Crippen molar-refractivity contribution < 1.29 is 0 Å². The van der Waals surface area contributed by atoms with Gasteiger partial charge in [-0.25, -0.2) is 0 Å². The van der Waals surface area contributed by atoms with E-state index in [0.29, 0.717) is 0 Å².